The number of rotatable bonds is 6. The molecular formula is C18H16ClN3OS2. The molecule has 1 aromatic heterocycles. The van der Waals surface area contributed by atoms with Crippen molar-refractivity contribution in [2.45, 2.75) is 17.9 Å². The van der Waals surface area contributed by atoms with Gasteiger partial charge in [0.15, 0.2) is 0 Å². The third-order valence-electron chi connectivity index (χ3n) is 3.46. The number of carbonyl (C=O) groups excluding carboxylic acids is 1. The van der Waals surface area contributed by atoms with Gasteiger partial charge in [-0.3, -0.25) is 10.1 Å². The first-order chi connectivity index (χ1) is 12.1. The summed E-state index contributed by atoms with van der Waals surface area (Å²) >= 11 is 8.83. The molecule has 0 radical (unpaired) electrons. The maximum atomic E-state index is 12.3. The number of anilines is 1. The molecule has 0 saturated heterocycles. The minimum atomic E-state index is -0.178. The van der Waals surface area contributed by atoms with Crippen LogP contribution in [0.5, 0.6) is 0 Å². The molecule has 1 heterocycles. The van der Waals surface area contributed by atoms with Crippen molar-refractivity contribution in [3.8, 4) is 10.6 Å². The summed E-state index contributed by atoms with van der Waals surface area (Å²) in [5.41, 5.74) is 2.13. The highest BCUT2D eigenvalue weighted by atomic mass is 35.5. The number of hydrogen-bond acceptors (Lipinski definition) is 5. The Morgan fingerprint density at radius 3 is 2.60 bits per heavy atom. The van der Waals surface area contributed by atoms with E-state index < -0.39 is 0 Å². The molecule has 4 nitrogen and oxygen atoms in total. The monoisotopic (exact) mass is 389 g/mol. The van der Waals surface area contributed by atoms with Crippen LogP contribution >= 0.6 is 34.7 Å². The number of hydrogen-bond donors (Lipinski definition) is 1. The van der Waals surface area contributed by atoms with E-state index >= 15 is 0 Å². The van der Waals surface area contributed by atoms with Gasteiger partial charge in [0.2, 0.25) is 11.0 Å². The van der Waals surface area contributed by atoms with Crippen LogP contribution in [0.1, 0.15) is 12.5 Å². The summed E-state index contributed by atoms with van der Waals surface area (Å²) in [7, 11) is 0. The van der Waals surface area contributed by atoms with E-state index in [-0.39, 0.29) is 11.2 Å². The zero-order chi connectivity index (χ0) is 17.6. The second kappa shape index (κ2) is 8.47. The van der Waals surface area contributed by atoms with Crippen LogP contribution in [0.15, 0.2) is 54.6 Å². The summed E-state index contributed by atoms with van der Waals surface area (Å²) in [5, 5.41) is 12.8. The average Bonchev–Trinajstić information content (AvgIpc) is 3.09. The predicted octanol–water partition coefficient (Wildman–Crippen LogP) is 5.12. The first-order valence-electron chi connectivity index (χ1n) is 7.67. The molecule has 1 N–H and O–H groups in total. The van der Waals surface area contributed by atoms with Gasteiger partial charge < -0.3 is 0 Å². The van der Waals surface area contributed by atoms with Crippen LogP contribution in [0, 0.1) is 0 Å². The van der Waals surface area contributed by atoms with E-state index in [4.69, 9.17) is 11.6 Å². The lowest BCUT2D eigenvalue weighted by Gasteiger charge is -2.10. The molecule has 0 aliphatic rings. The molecule has 3 rings (SSSR count). The molecule has 0 spiro atoms. The Bertz CT molecular complexity index is 837. The summed E-state index contributed by atoms with van der Waals surface area (Å²) in [6.45, 7) is 1.89. The second-order valence-corrected chi connectivity index (χ2v) is 8.09. The van der Waals surface area contributed by atoms with Crippen LogP contribution in [0.3, 0.4) is 0 Å². The van der Waals surface area contributed by atoms with E-state index in [0.29, 0.717) is 10.2 Å². The lowest BCUT2D eigenvalue weighted by Crippen LogP contribution is -2.22. The number of aromatic nitrogens is 2. The van der Waals surface area contributed by atoms with Gasteiger partial charge in [0.25, 0.3) is 0 Å². The Morgan fingerprint density at radius 2 is 1.88 bits per heavy atom. The normalized spacial score (nSPS) is 11.9. The molecule has 7 heteroatoms. The Kier molecular flexibility index (Phi) is 6.07. The van der Waals surface area contributed by atoms with Gasteiger partial charge in [-0.15, -0.1) is 22.0 Å². The molecule has 0 saturated carbocycles. The molecule has 0 aliphatic heterocycles. The van der Waals surface area contributed by atoms with Crippen LogP contribution in [-0.4, -0.2) is 21.4 Å². The Balaban J connectivity index is 1.56. The van der Waals surface area contributed by atoms with Crippen molar-refractivity contribution in [1.82, 2.24) is 10.2 Å². The van der Waals surface area contributed by atoms with E-state index in [0.717, 1.165) is 16.3 Å². The van der Waals surface area contributed by atoms with Crippen LogP contribution < -0.4 is 5.32 Å². The quantitative estimate of drug-likeness (QED) is 0.635. The SMILES string of the molecule is C[C@@H](SCc1ccccc1)C(=O)Nc1nnc(-c2ccc(Cl)cc2)s1. The molecule has 128 valence electrons. The van der Waals surface area contributed by atoms with E-state index in [9.17, 15) is 4.79 Å². The number of thioether (sulfide) groups is 1. The maximum Gasteiger partial charge on any atom is 0.239 e. The Morgan fingerprint density at radius 1 is 1.16 bits per heavy atom. The number of benzene rings is 2. The average molecular weight is 390 g/mol. The minimum absolute atomic E-state index is 0.0697. The molecule has 0 unspecified atom stereocenters. The number of carbonyl (C=O) groups is 1. The van der Waals surface area contributed by atoms with Crippen LogP contribution in [0.25, 0.3) is 10.6 Å². The van der Waals surface area contributed by atoms with Crippen molar-refractivity contribution in [2.24, 2.45) is 0 Å². The van der Waals surface area contributed by atoms with Gasteiger partial charge in [-0.05, 0) is 24.6 Å². The number of halogens is 1. The van der Waals surface area contributed by atoms with Gasteiger partial charge in [-0.1, -0.05) is 65.4 Å². The summed E-state index contributed by atoms with van der Waals surface area (Å²) in [6, 6.07) is 17.5. The molecule has 25 heavy (non-hydrogen) atoms. The second-order valence-electron chi connectivity index (χ2n) is 5.35. The third-order valence-corrected chi connectivity index (χ3v) is 5.81. The first-order valence-corrected chi connectivity index (χ1v) is 9.92. The highest BCUT2D eigenvalue weighted by Gasteiger charge is 2.16. The molecule has 0 bridgehead atoms. The van der Waals surface area contributed by atoms with E-state index in [1.54, 1.807) is 23.9 Å². The van der Waals surface area contributed by atoms with Crippen LogP contribution in [-0.2, 0) is 10.5 Å². The zero-order valence-corrected chi connectivity index (χ0v) is 15.9. The van der Waals surface area contributed by atoms with Crippen molar-refractivity contribution >= 4 is 45.7 Å². The summed E-state index contributed by atoms with van der Waals surface area (Å²) < 4.78 is 0. The standard InChI is InChI=1S/C18H16ClN3OS2/c1-12(24-11-13-5-3-2-4-6-13)16(23)20-18-22-21-17(25-18)14-7-9-15(19)10-8-14/h2-10,12H,11H2,1H3,(H,20,22,23)/t12-/m1/s1. The fourth-order valence-electron chi connectivity index (χ4n) is 2.06. The highest BCUT2D eigenvalue weighted by molar-refractivity contribution is 7.99. The smallest absolute Gasteiger partial charge is 0.239 e. The van der Waals surface area contributed by atoms with Crippen molar-refractivity contribution in [3.05, 3.63) is 65.2 Å². The molecule has 1 atom stereocenters. The minimum Gasteiger partial charge on any atom is -0.300 e. The van der Waals surface area contributed by atoms with Crippen molar-refractivity contribution < 1.29 is 4.79 Å². The fourth-order valence-corrected chi connectivity index (χ4v) is 3.78. The van der Waals surface area contributed by atoms with Crippen molar-refractivity contribution in [1.29, 1.82) is 0 Å². The van der Waals surface area contributed by atoms with Gasteiger partial charge in [-0.25, -0.2) is 0 Å². The largest absolute Gasteiger partial charge is 0.300 e. The maximum absolute atomic E-state index is 12.3. The number of nitrogens with one attached hydrogen (secondary N) is 1. The molecule has 2 aromatic carbocycles. The first kappa shape index (κ1) is 17.9. The molecular weight excluding hydrogens is 374 g/mol. The Labute approximate surface area is 159 Å². The number of amides is 1. The van der Waals surface area contributed by atoms with E-state index in [1.807, 2.05) is 37.3 Å². The number of nitrogens with zero attached hydrogens (tertiary/aromatic N) is 2. The van der Waals surface area contributed by atoms with Gasteiger partial charge >= 0.3 is 0 Å². The van der Waals surface area contributed by atoms with Crippen LogP contribution in [0.4, 0.5) is 5.13 Å². The van der Waals surface area contributed by atoms with Gasteiger partial charge in [0, 0.05) is 16.3 Å². The summed E-state index contributed by atoms with van der Waals surface area (Å²) in [6.07, 6.45) is 0. The lowest BCUT2D eigenvalue weighted by molar-refractivity contribution is -0.115. The predicted molar refractivity (Wildman–Crippen MR) is 106 cm³/mol. The van der Waals surface area contributed by atoms with Gasteiger partial charge in [-0.2, -0.15) is 0 Å². The lowest BCUT2D eigenvalue weighted by atomic mass is 10.2. The van der Waals surface area contributed by atoms with E-state index in [1.165, 1.54) is 16.9 Å². The summed E-state index contributed by atoms with van der Waals surface area (Å²) in [4.78, 5) is 12.3. The summed E-state index contributed by atoms with van der Waals surface area (Å²) in [5.74, 6) is 0.724. The molecule has 0 aliphatic carbocycles. The van der Waals surface area contributed by atoms with Crippen molar-refractivity contribution in [3.63, 3.8) is 0 Å². The fraction of sp³-hybridized carbons (Fsp3) is 0.167. The van der Waals surface area contributed by atoms with E-state index in [2.05, 4.69) is 27.6 Å². The van der Waals surface area contributed by atoms with Gasteiger partial charge in [0.1, 0.15) is 5.01 Å². The molecule has 1 amide bonds. The van der Waals surface area contributed by atoms with Crippen molar-refractivity contribution in [2.75, 3.05) is 5.32 Å². The Hall–Kier alpha value is -1.89. The third kappa shape index (κ3) is 5.04. The highest BCUT2D eigenvalue weighted by Crippen LogP contribution is 2.28. The molecule has 3 aromatic rings. The van der Waals surface area contributed by atoms with Crippen LogP contribution in [0.2, 0.25) is 5.02 Å². The molecule has 0 fully saturated rings. The topological polar surface area (TPSA) is 54.9 Å². The zero-order valence-electron chi connectivity index (χ0n) is 13.5. The van der Waals surface area contributed by atoms with Gasteiger partial charge in [0.05, 0.1) is 5.25 Å².